The number of nitrogens with one attached hydrogen (secondary N) is 1. The van der Waals surface area contributed by atoms with E-state index in [9.17, 15) is 14.0 Å². The van der Waals surface area contributed by atoms with Crippen molar-refractivity contribution < 1.29 is 18.7 Å². The van der Waals surface area contributed by atoms with Crippen molar-refractivity contribution in [1.29, 1.82) is 0 Å². The number of carbonyl (C=O) groups excluding carboxylic acids is 2. The summed E-state index contributed by atoms with van der Waals surface area (Å²) in [4.78, 5) is 25.2. The molecule has 1 unspecified atom stereocenters. The molecule has 0 spiro atoms. The van der Waals surface area contributed by atoms with Crippen molar-refractivity contribution in [3.05, 3.63) is 42.0 Å². The average Bonchev–Trinajstić information content (AvgIpc) is 3.04. The molecule has 0 saturated heterocycles. The van der Waals surface area contributed by atoms with E-state index in [-0.39, 0.29) is 19.0 Å². The topological polar surface area (TPSA) is 99.0 Å². The minimum atomic E-state index is -0.993. The highest BCUT2D eigenvalue weighted by Crippen LogP contribution is 2.10. The zero-order valence-corrected chi connectivity index (χ0v) is 13.3. The van der Waals surface area contributed by atoms with Gasteiger partial charge in [0, 0.05) is 12.1 Å². The summed E-state index contributed by atoms with van der Waals surface area (Å²) in [6, 6.07) is 6.13. The van der Waals surface area contributed by atoms with Gasteiger partial charge in [-0.15, -0.1) is 10.2 Å². The zero-order valence-electron chi connectivity index (χ0n) is 13.3. The van der Waals surface area contributed by atoms with Gasteiger partial charge < -0.3 is 10.1 Å². The summed E-state index contributed by atoms with van der Waals surface area (Å²) in [6.07, 6.45) is 0.196. The average molecular weight is 335 g/mol. The van der Waals surface area contributed by atoms with Gasteiger partial charge in [-0.1, -0.05) is 32.0 Å². The molecule has 1 aromatic carbocycles. The number of benzene rings is 1. The largest absolute Gasteiger partial charge is 0.451 e. The molecular weight excluding hydrogens is 317 g/mol. The number of halogens is 1. The summed E-state index contributed by atoms with van der Waals surface area (Å²) in [5, 5.41) is 13.3. The molecule has 8 nitrogen and oxygen atoms in total. The second-order valence-corrected chi connectivity index (χ2v) is 5.43. The molecule has 1 N–H and O–H groups in total. The molecule has 0 aliphatic carbocycles. The van der Waals surface area contributed by atoms with Gasteiger partial charge in [0.15, 0.2) is 19.0 Å². The SMILES string of the molecule is CC(C)C(OC(=O)Cn1ncnn1)C(=O)NCc1ccccc1F. The molecule has 0 aliphatic heterocycles. The van der Waals surface area contributed by atoms with Crippen LogP contribution in [0, 0.1) is 11.7 Å². The lowest BCUT2D eigenvalue weighted by molar-refractivity contribution is -0.159. The number of tetrazole rings is 1. The van der Waals surface area contributed by atoms with Crippen LogP contribution >= 0.6 is 0 Å². The van der Waals surface area contributed by atoms with Crippen LogP contribution in [0.1, 0.15) is 19.4 Å². The maximum absolute atomic E-state index is 13.6. The molecule has 1 aromatic heterocycles. The van der Waals surface area contributed by atoms with Crippen LogP contribution in [-0.4, -0.2) is 38.2 Å². The third-order valence-electron chi connectivity index (χ3n) is 3.20. The maximum atomic E-state index is 13.6. The van der Waals surface area contributed by atoms with Crippen LogP contribution < -0.4 is 5.32 Å². The van der Waals surface area contributed by atoms with Crippen molar-refractivity contribution in [1.82, 2.24) is 25.5 Å². The van der Waals surface area contributed by atoms with Gasteiger partial charge in [-0.05, 0) is 17.2 Å². The highest BCUT2D eigenvalue weighted by atomic mass is 19.1. The fraction of sp³-hybridized carbons (Fsp3) is 0.400. The number of carbonyl (C=O) groups is 2. The predicted octanol–water partition coefficient (Wildman–Crippen LogP) is 0.696. The smallest absolute Gasteiger partial charge is 0.330 e. The van der Waals surface area contributed by atoms with E-state index in [2.05, 4.69) is 20.7 Å². The van der Waals surface area contributed by atoms with Crippen LogP contribution in [0.15, 0.2) is 30.6 Å². The van der Waals surface area contributed by atoms with Crippen LogP contribution in [-0.2, 0) is 27.4 Å². The molecule has 0 aliphatic rings. The van der Waals surface area contributed by atoms with Gasteiger partial charge in [-0.3, -0.25) is 4.79 Å². The van der Waals surface area contributed by atoms with E-state index in [0.717, 1.165) is 4.80 Å². The molecule has 128 valence electrons. The second-order valence-electron chi connectivity index (χ2n) is 5.43. The first-order chi connectivity index (χ1) is 11.5. The van der Waals surface area contributed by atoms with Crippen LogP contribution in [0.3, 0.4) is 0 Å². The fourth-order valence-electron chi connectivity index (χ4n) is 1.97. The molecule has 1 heterocycles. The zero-order chi connectivity index (χ0) is 17.5. The van der Waals surface area contributed by atoms with E-state index in [0.29, 0.717) is 5.56 Å². The summed E-state index contributed by atoms with van der Waals surface area (Å²) < 4.78 is 18.8. The number of hydrogen-bond acceptors (Lipinski definition) is 6. The monoisotopic (exact) mass is 335 g/mol. The molecule has 0 bridgehead atoms. The van der Waals surface area contributed by atoms with Gasteiger partial charge in [0.05, 0.1) is 0 Å². The van der Waals surface area contributed by atoms with Gasteiger partial charge in [0.1, 0.15) is 5.82 Å². The maximum Gasteiger partial charge on any atom is 0.330 e. The van der Waals surface area contributed by atoms with Crippen molar-refractivity contribution in [2.75, 3.05) is 0 Å². The molecule has 1 amide bonds. The van der Waals surface area contributed by atoms with Crippen molar-refractivity contribution in [2.24, 2.45) is 5.92 Å². The summed E-state index contributed by atoms with van der Waals surface area (Å²) >= 11 is 0. The van der Waals surface area contributed by atoms with E-state index >= 15 is 0 Å². The summed E-state index contributed by atoms with van der Waals surface area (Å²) in [7, 11) is 0. The van der Waals surface area contributed by atoms with Crippen LogP contribution in [0.4, 0.5) is 4.39 Å². The number of aromatic nitrogens is 4. The van der Waals surface area contributed by atoms with E-state index in [1.165, 1.54) is 12.4 Å². The summed E-state index contributed by atoms with van der Waals surface area (Å²) in [5.74, 6) is -1.81. The minimum absolute atomic E-state index is 0.0108. The van der Waals surface area contributed by atoms with Crippen LogP contribution in [0.5, 0.6) is 0 Å². The Balaban J connectivity index is 1.92. The van der Waals surface area contributed by atoms with Gasteiger partial charge in [0.2, 0.25) is 0 Å². The highest BCUT2D eigenvalue weighted by molar-refractivity contribution is 5.83. The number of esters is 1. The van der Waals surface area contributed by atoms with Crippen molar-refractivity contribution in [3.8, 4) is 0 Å². The Hall–Kier alpha value is -2.84. The van der Waals surface area contributed by atoms with E-state index in [1.807, 2.05) is 0 Å². The first-order valence-corrected chi connectivity index (χ1v) is 7.38. The lowest BCUT2D eigenvalue weighted by Gasteiger charge is -2.20. The van der Waals surface area contributed by atoms with E-state index in [1.54, 1.807) is 32.0 Å². The van der Waals surface area contributed by atoms with Crippen molar-refractivity contribution in [2.45, 2.75) is 33.0 Å². The molecule has 1 atom stereocenters. The van der Waals surface area contributed by atoms with Gasteiger partial charge in [-0.25, -0.2) is 9.18 Å². The third kappa shape index (κ3) is 4.83. The van der Waals surface area contributed by atoms with Gasteiger partial charge in [-0.2, -0.15) is 4.80 Å². The van der Waals surface area contributed by atoms with Crippen molar-refractivity contribution in [3.63, 3.8) is 0 Å². The number of amides is 1. The number of ether oxygens (including phenoxy) is 1. The second kappa shape index (κ2) is 8.14. The first kappa shape index (κ1) is 17.5. The highest BCUT2D eigenvalue weighted by Gasteiger charge is 2.26. The Bertz CT molecular complexity index is 690. The summed E-state index contributed by atoms with van der Waals surface area (Å²) in [5.41, 5.74) is 0.353. The predicted molar refractivity (Wildman–Crippen MR) is 80.8 cm³/mol. The Morgan fingerprint density at radius 1 is 1.33 bits per heavy atom. The molecule has 0 fully saturated rings. The standard InChI is InChI=1S/C15H18FN5O3/c1-10(2)14(24-13(22)8-21-19-9-18-20-21)15(23)17-7-11-5-3-4-6-12(11)16/h3-6,9-10,14H,7-8H2,1-2H3,(H,17,23). The van der Waals surface area contributed by atoms with Gasteiger partial charge in [0.25, 0.3) is 5.91 Å². The van der Waals surface area contributed by atoms with E-state index in [4.69, 9.17) is 4.74 Å². The molecule has 0 saturated carbocycles. The van der Waals surface area contributed by atoms with Gasteiger partial charge >= 0.3 is 5.97 Å². The fourth-order valence-corrected chi connectivity index (χ4v) is 1.97. The minimum Gasteiger partial charge on any atom is -0.451 e. The molecule has 2 aromatic rings. The molecule has 0 radical (unpaired) electrons. The number of hydrogen-bond donors (Lipinski definition) is 1. The first-order valence-electron chi connectivity index (χ1n) is 7.38. The molecule has 2 rings (SSSR count). The third-order valence-corrected chi connectivity index (χ3v) is 3.20. The lowest BCUT2D eigenvalue weighted by atomic mass is 10.1. The molecular formula is C15H18FN5O3. The van der Waals surface area contributed by atoms with Crippen LogP contribution in [0.2, 0.25) is 0 Å². The number of rotatable bonds is 7. The number of nitrogens with zero attached hydrogens (tertiary/aromatic N) is 4. The Labute approximate surface area is 138 Å². The van der Waals surface area contributed by atoms with Crippen molar-refractivity contribution >= 4 is 11.9 Å². The molecule has 24 heavy (non-hydrogen) atoms. The van der Waals surface area contributed by atoms with E-state index < -0.39 is 23.8 Å². The lowest BCUT2D eigenvalue weighted by Crippen LogP contribution is -2.41. The summed E-state index contributed by atoms with van der Waals surface area (Å²) in [6.45, 7) is 3.25. The quantitative estimate of drug-likeness (QED) is 0.748. The molecule has 9 heteroatoms. The Morgan fingerprint density at radius 3 is 2.71 bits per heavy atom. The normalized spacial score (nSPS) is 12.0. The Kier molecular flexibility index (Phi) is 5.94. The Morgan fingerprint density at radius 2 is 2.08 bits per heavy atom. The van der Waals surface area contributed by atoms with Crippen LogP contribution in [0.25, 0.3) is 0 Å².